The molecule has 4 fully saturated rings. The van der Waals surface area contributed by atoms with Crippen molar-refractivity contribution in [1.29, 1.82) is 0 Å². The molecule has 4 aliphatic rings. The third kappa shape index (κ3) is 4.51. The van der Waals surface area contributed by atoms with E-state index < -0.39 is 23.3 Å². The summed E-state index contributed by atoms with van der Waals surface area (Å²) in [6.07, 6.45) is 16.5. The molecule has 45 heavy (non-hydrogen) atoms. The molecule has 6 nitrogen and oxygen atoms in total. The number of hydrogen-bond acceptors (Lipinski definition) is 6. The predicted molar refractivity (Wildman–Crippen MR) is 168 cm³/mol. The Morgan fingerprint density at radius 1 is 0.978 bits per heavy atom. The van der Waals surface area contributed by atoms with Crippen molar-refractivity contribution in [2.24, 2.45) is 11.8 Å². The van der Waals surface area contributed by atoms with Crippen LogP contribution in [0.1, 0.15) is 49.8 Å². The summed E-state index contributed by atoms with van der Waals surface area (Å²) in [5, 5.41) is 1.36. The van der Waals surface area contributed by atoms with Gasteiger partial charge in [0.2, 0.25) is 0 Å². The van der Waals surface area contributed by atoms with Crippen LogP contribution in [0.4, 0.5) is 19.0 Å². The zero-order valence-electron chi connectivity index (χ0n) is 24.8. The van der Waals surface area contributed by atoms with E-state index in [0.29, 0.717) is 52.3 Å². The molecule has 228 valence electrons. The molecule has 0 spiro atoms. The van der Waals surface area contributed by atoms with Crippen LogP contribution in [0.25, 0.3) is 32.9 Å². The van der Waals surface area contributed by atoms with Crippen LogP contribution in [-0.4, -0.2) is 64.3 Å². The van der Waals surface area contributed by atoms with Crippen LogP contribution in [0, 0.1) is 48.2 Å². The van der Waals surface area contributed by atoms with Crippen molar-refractivity contribution in [3.05, 3.63) is 53.2 Å². The van der Waals surface area contributed by atoms with Crippen molar-refractivity contribution in [2.45, 2.75) is 50.2 Å². The fraction of sp³-hybridized carbons (Fsp3) is 0.417. The van der Waals surface area contributed by atoms with Crippen molar-refractivity contribution < 1.29 is 17.9 Å². The number of aromatic nitrogens is 3. The lowest BCUT2D eigenvalue weighted by Crippen LogP contribution is -2.43. The molecule has 0 N–H and O–H groups in total. The first-order chi connectivity index (χ1) is 21.9. The number of alkyl halides is 1. The van der Waals surface area contributed by atoms with E-state index in [-0.39, 0.29) is 35.1 Å². The third-order valence-corrected chi connectivity index (χ3v) is 10.4. The van der Waals surface area contributed by atoms with Crippen molar-refractivity contribution in [1.82, 2.24) is 19.9 Å². The maximum atomic E-state index is 16.9. The van der Waals surface area contributed by atoms with Gasteiger partial charge in [-0.15, -0.1) is 12.8 Å². The molecule has 3 saturated heterocycles. The summed E-state index contributed by atoms with van der Waals surface area (Å²) < 4.78 is 52.6. The monoisotopic (exact) mass is 607 g/mol. The molecule has 2 aromatic carbocycles. The standard InChI is InChI=1S/C36H32F3N5O/c1-3-25-27(38)12-11-23-7-5-8-26(29(23)25)32-31(39)33-30(28(4-2)40-32)34(43-17-21-9-10-22(15-21)18-43)42-35(41-33)45-20-36-13-6-14-44(36)19-24(37)16-36/h1-2,5,7-8,11-12,21-22,24H,6,9-10,13-20H2/t21?,22?,24-,36+/m1/s1. The minimum absolute atomic E-state index is 0.0166. The lowest BCUT2D eigenvalue weighted by Gasteiger charge is -2.34. The van der Waals surface area contributed by atoms with Crippen molar-refractivity contribution in [2.75, 3.05) is 37.7 Å². The Morgan fingerprint density at radius 2 is 1.80 bits per heavy atom. The molecule has 4 aromatic rings. The predicted octanol–water partition coefficient (Wildman–Crippen LogP) is 6.28. The zero-order valence-corrected chi connectivity index (χ0v) is 24.8. The lowest BCUT2D eigenvalue weighted by molar-refractivity contribution is 0.107. The Balaban J connectivity index is 1.32. The minimum Gasteiger partial charge on any atom is -0.461 e. The molecule has 5 heterocycles. The van der Waals surface area contributed by atoms with E-state index >= 15 is 4.39 Å². The number of piperidine rings is 1. The fourth-order valence-corrected chi connectivity index (χ4v) is 8.43. The normalized spacial score (nSPS) is 25.9. The van der Waals surface area contributed by atoms with Gasteiger partial charge in [0.25, 0.3) is 0 Å². The summed E-state index contributed by atoms with van der Waals surface area (Å²) in [6, 6.07) is 8.10. The fourth-order valence-electron chi connectivity index (χ4n) is 8.43. The SMILES string of the molecule is C#Cc1c(F)ccc2cccc(-c3nc(C#C)c4c(N5CC6CCC(C6)C5)nc(OC[C@@]56CCCN5C[C@H](F)C6)nc4c3F)c12. The number of hydrogen-bond donors (Lipinski definition) is 0. The van der Waals surface area contributed by atoms with Gasteiger partial charge >= 0.3 is 6.01 Å². The largest absolute Gasteiger partial charge is 0.461 e. The van der Waals surface area contributed by atoms with E-state index in [1.807, 2.05) is 0 Å². The molecule has 3 aliphatic heterocycles. The first-order valence-corrected chi connectivity index (χ1v) is 15.7. The summed E-state index contributed by atoms with van der Waals surface area (Å²) in [5.41, 5.74) is 0.00686. The Labute approximate surface area is 260 Å². The highest BCUT2D eigenvalue weighted by molar-refractivity contribution is 6.03. The van der Waals surface area contributed by atoms with E-state index in [2.05, 4.69) is 31.6 Å². The highest BCUT2D eigenvalue weighted by Gasteiger charge is 2.49. The first kappa shape index (κ1) is 28.2. The zero-order chi connectivity index (χ0) is 30.9. The number of fused-ring (bicyclic) bond motifs is 5. The van der Waals surface area contributed by atoms with Crippen LogP contribution < -0.4 is 9.64 Å². The quantitative estimate of drug-likeness (QED) is 0.249. The van der Waals surface area contributed by atoms with Gasteiger partial charge in [-0.1, -0.05) is 30.2 Å². The summed E-state index contributed by atoms with van der Waals surface area (Å²) in [5.74, 6) is 5.31. The number of benzene rings is 2. The highest BCUT2D eigenvalue weighted by atomic mass is 19.1. The van der Waals surface area contributed by atoms with E-state index in [4.69, 9.17) is 22.6 Å². The Hall–Kier alpha value is -4.34. The number of anilines is 1. The Morgan fingerprint density at radius 3 is 2.58 bits per heavy atom. The van der Waals surface area contributed by atoms with Gasteiger partial charge in [-0.2, -0.15) is 9.97 Å². The summed E-state index contributed by atoms with van der Waals surface area (Å²) in [7, 11) is 0. The molecular weight excluding hydrogens is 575 g/mol. The third-order valence-electron chi connectivity index (χ3n) is 10.4. The summed E-state index contributed by atoms with van der Waals surface area (Å²) in [4.78, 5) is 18.4. The van der Waals surface area contributed by atoms with Crippen LogP contribution in [0.3, 0.4) is 0 Å². The first-order valence-electron chi connectivity index (χ1n) is 15.7. The van der Waals surface area contributed by atoms with Gasteiger partial charge in [0.05, 0.1) is 16.5 Å². The average molecular weight is 608 g/mol. The van der Waals surface area contributed by atoms with Gasteiger partial charge in [-0.25, -0.2) is 18.2 Å². The van der Waals surface area contributed by atoms with Gasteiger partial charge in [0.1, 0.15) is 41.3 Å². The molecule has 0 amide bonds. The molecule has 2 bridgehead atoms. The molecule has 2 aromatic heterocycles. The summed E-state index contributed by atoms with van der Waals surface area (Å²) >= 11 is 0. The lowest BCUT2D eigenvalue weighted by atomic mass is 9.95. The van der Waals surface area contributed by atoms with Crippen LogP contribution >= 0.6 is 0 Å². The van der Waals surface area contributed by atoms with Crippen LogP contribution in [0.2, 0.25) is 0 Å². The molecule has 9 heteroatoms. The van der Waals surface area contributed by atoms with Gasteiger partial charge in [0, 0.05) is 37.0 Å². The molecule has 4 atom stereocenters. The number of nitrogens with zero attached hydrogens (tertiary/aromatic N) is 5. The van der Waals surface area contributed by atoms with Crippen molar-refractivity contribution in [3.8, 4) is 42.0 Å². The van der Waals surface area contributed by atoms with Crippen LogP contribution in [-0.2, 0) is 0 Å². The second kappa shape index (κ2) is 10.6. The van der Waals surface area contributed by atoms with E-state index in [0.717, 1.165) is 45.3 Å². The van der Waals surface area contributed by atoms with E-state index in [1.54, 1.807) is 24.3 Å². The topological polar surface area (TPSA) is 54.4 Å². The molecule has 1 saturated carbocycles. The second-order valence-corrected chi connectivity index (χ2v) is 13.1. The molecule has 1 aliphatic carbocycles. The number of rotatable bonds is 5. The van der Waals surface area contributed by atoms with Gasteiger partial charge in [-0.05, 0) is 67.9 Å². The smallest absolute Gasteiger partial charge is 0.319 e. The number of ether oxygens (including phenoxy) is 1. The average Bonchev–Trinajstić information content (AvgIpc) is 3.70. The highest BCUT2D eigenvalue weighted by Crippen LogP contribution is 2.43. The van der Waals surface area contributed by atoms with Crippen molar-refractivity contribution >= 4 is 27.5 Å². The number of halogens is 3. The van der Waals surface area contributed by atoms with Gasteiger partial charge in [0.15, 0.2) is 5.82 Å². The molecule has 8 rings (SSSR count). The molecule has 0 radical (unpaired) electrons. The van der Waals surface area contributed by atoms with Crippen LogP contribution in [0.15, 0.2) is 30.3 Å². The van der Waals surface area contributed by atoms with Crippen molar-refractivity contribution in [3.63, 3.8) is 0 Å². The Kier molecular flexibility index (Phi) is 6.65. The maximum Gasteiger partial charge on any atom is 0.319 e. The Bertz CT molecular complexity index is 1940. The van der Waals surface area contributed by atoms with Gasteiger partial charge < -0.3 is 9.64 Å². The molecular formula is C36H32F3N5O. The second-order valence-electron chi connectivity index (χ2n) is 13.1. The minimum atomic E-state index is -0.909. The van der Waals surface area contributed by atoms with Gasteiger partial charge in [-0.3, -0.25) is 4.90 Å². The molecule has 2 unspecified atom stereocenters. The maximum absolute atomic E-state index is 16.9. The van der Waals surface area contributed by atoms with E-state index in [9.17, 15) is 8.78 Å². The number of pyridine rings is 1. The van der Waals surface area contributed by atoms with Crippen LogP contribution in [0.5, 0.6) is 6.01 Å². The number of terminal acetylenes is 2. The van der Waals surface area contributed by atoms with E-state index in [1.165, 1.54) is 12.5 Å². The summed E-state index contributed by atoms with van der Waals surface area (Å²) in [6.45, 7) is 2.96.